The Morgan fingerprint density at radius 1 is 1.29 bits per heavy atom. The number of H-pyrrole nitrogens is 2. The predicted octanol–water partition coefficient (Wildman–Crippen LogP) is 0.907. The summed E-state index contributed by atoms with van der Waals surface area (Å²) in [5, 5.41) is 20.1. The van der Waals surface area contributed by atoms with E-state index in [2.05, 4.69) is 58.6 Å². The quantitative estimate of drug-likeness (QED) is 0.503. The van der Waals surface area contributed by atoms with Gasteiger partial charge in [0, 0.05) is 32.6 Å². The molecule has 0 saturated carbocycles. The van der Waals surface area contributed by atoms with Crippen molar-refractivity contribution in [2.75, 3.05) is 19.6 Å². The van der Waals surface area contributed by atoms with Gasteiger partial charge < -0.3 is 15.3 Å². The first-order valence-corrected chi connectivity index (χ1v) is 9.82. The molecule has 8 nitrogen and oxygen atoms in total. The standard InChI is InChI=1S/C20H29N5O3/c1-14(2)16-6-4-15(5-7-16)12-25-11-3-9-20(28,18(25)26)13-21-10-8-17-22-19(27)24-23-17/h4-7,14,21,28H,3,8-13H2,1-2H3,(H2,22,23,24,27). The van der Waals surface area contributed by atoms with Crippen molar-refractivity contribution < 1.29 is 9.90 Å². The summed E-state index contributed by atoms with van der Waals surface area (Å²) in [5.41, 5.74) is 0.605. The van der Waals surface area contributed by atoms with Crippen molar-refractivity contribution in [3.05, 3.63) is 51.7 Å². The van der Waals surface area contributed by atoms with E-state index in [0.29, 0.717) is 44.2 Å². The van der Waals surface area contributed by atoms with Crippen molar-refractivity contribution in [3.8, 4) is 0 Å². The van der Waals surface area contributed by atoms with Crippen molar-refractivity contribution in [2.45, 2.75) is 51.2 Å². The highest BCUT2D eigenvalue weighted by atomic mass is 16.3. The van der Waals surface area contributed by atoms with Crippen molar-refractivity contribution >= 4 is 5.91 Å². The fourth-order valence-corrected chi connectivity index (χ4v) is 3.53. The molecule has 28 heavy (non-hydrogen) atoms. The Balaban J connectivity index is 1.53. The molecule has 3 rings (SSSR count). The summed E-state index contributed by atoms with van der Waals surface area (Å²) in [6.45, 7) is 6.16. The van der Waals surface area contributed by atoms with E-state index in [1.54, 1.807) is 4.90 Å². The number of amides is 1. The van der Waals surface area contributed by atoms with Gasteiger partial charge in [0.1, 0.15) is 5.82 Å². The van der Waals surface area contributed by atoms with Crippen molar-refractivity contribution in [2.24, 2.45) is 0 Å². The maximum Gasteiger partial charge on any atom is 0.340 e. The highest BCUT2D eigenvalue weighted by Gasteiger charge is 2.41. The Kier molecular flexibility index (Phi) is 6.31. The predicted molar refractivity (Wildman–Crippen MR) is 106 cm³/mol. The van der Waals surface area contributed by atoms with Gasteiger partial charge in [-0.25, -0.2) is 9.89 Å². The molecule has 1 amide bonds. The molecule has 0 spiro atoms. The maximum absolute atomic E-state index is 12.9. The van der Waals surface area contributed by atoms with Crippen LogP contribution in [-0.2, 0) is 17.8 Å². The number of carbonyl (C=O) groups is 1. The van der Waals surface area contributed by atoms with E-state index in [0.717, 1.165) is 12.0 Å². The van der Waals surface area contributed by atoms with E-state index in [-0.39, 0.29) is 18.1 Å². The van der Waals surface area contributed by atoms with Gasteiger partial charge in [-0.1, -0.05) is 38.1 Å². The molecule has 0 bridgehead atoms. The van der Waals surface area contributed by atoms with Crippen LogP contribution in [0, 0.1) is 0 Å². The number of hydrogen-bond acceptors (Lipinski definition) is 5. The number of likely N-dealkylation sites (tertiary alicyclic amines) is 1. The van der Waals surface area contributed by atoms with E-state index in [1.165, 1.54) is 5.56 Å². The number of benzene rings is 1. The van der Waals surface area contributed by atoms with E-state index in [9.17, 15) is 14.7 Å². The molecule has 1 fully saturated rings. The van der Waals surface area contributed by atoms with Crippen LogP contribution in [0.4, 0.5) is 0 Å². The number of nitrogens with zero attached hydrogens (tertiary/aromatic N) is 2. The van der Waals surface area contributed by atoms with Crippen LogP contribution in [0.1, 0.15) is 49.6 Å². The second-order valence-corrected chi connectivity index (χ2v) is 7.81. The van der Waals surface area contributed by atoms with Gasteiger partial charge in [0.15, 0.2) is 5.60 Å². The monoisotopic (exact) mass is 387 g/mol. The van der Waals surface area contributed by atoms with Crippen LogP contribution < -0.4 is 11.0 Å². The third kappa shape index (κ3) is 4.88. The zero-order chi connectivity index (χ0) is 20.1. The Morgan fingerprint density at radius 3 is 2.68 bits per heavy atom. The number of rotatable bonds is 8. The van der Waals surface area contributed by atoms with Crippen LogP contribution in [0.5, 0.6) is 0 Å². The van der Waals surface area contributed by atoms with Gasteiger partial charge in [-0.05, 0) is 29.9 Å². The molecule has 1 atom stereocenters. The zero-order valence-corrected chi connectivity index (χ0v) is 16.5. The Labute approximate surface area is 164 Å². The van der Waals surface area contributed by atoms with Crippen molar-refractivity contribution in [1.29, 1.82) is 0 Å². The lowest BCUT2D eigenvalue weighted by Crippen LogP contribution is -2.57. The molecule has 1 saturated heterocycles. The average molecular weight is 387 g/mol. The van der Waals surface area contributed by atoms with Crippen LogP contribution in [0.25, 0.3) is 0 Å². The van der Waals surface area contributed by atoms with Crippen LogP contribution in [0.3, 0.4) is 0 Å². The average Bonchev–Trinajstić information content (AvgIpc) is 3.08. The molecule has 1 aliphatic rings. The van der Waals surface area contributed by atoms with Gasteiger partial charge in [-0.15, -0.1) is 0 Å². The lowest BCUT2D eigenvalue weighted by molar-refractivity contribution is -0.157. The SMILES string of the molecule is CC(C)c1ccc(CN2CCCC(O)(CNCCc3n[nH]c(=O)[nH]3)C2=O)cc1. The van der Waals surface area contributed by atoms with Gasteiger partial charge in [0.25, 0.3) is 5.91 Å². The van der Waals surface area contributed by atoms with Gasteiger partial charge in [0.2, 0.25) is 0 Å². The summed E-state index contributed by atoms with van der Waals surface area (Å²) in [4.78, 5) is 28.2. The fraction of sp³-hybridized carbons (Fsp3) is 0.550. The van der Waals surface area contributed by atoms with E-state index < -0.39 is 5.60 Å². The highest BCUT2D eigenvalue weighted by Crippen LogP contribution is 2.24. The molecule has 152 valence electrons. The van der Waals surface area contributed by atoms with Gasteiger partial charge in [-0.2, -0.15) is 5.10 Å². The molecule has 1 aliphatic heterocycles. The molecular weight excluding hydrogens is 358 g/mol. The first kappa shape index (κ1) is 20.3. The van der Waals surface area contributed by atoms with E-state index in [1.807, 2.05) is 0 Å². The summed E-state index contributed by atoms with van der Waals surface area (Å²) >= 11 is 0. The molecule has 0 radical (unpaired) electrons. The Morgan fingerprint density at radius 2 is 2.04 bits per heavy atom. The largest absolute Gasteiger partial charge is 0.379 e. The minimum absolute atomic E-state index is 0.184. The second-order valence-electron chi connectivity index (χ2n) is 7.81. The molecule has 1 aromatic heterocycles. The number of aromatic amines is 2. The van der Waals surface area contributed by atoms with Crippen molar-refractivity contribution in [3.63, 3.8) is 0 Å². The maximum atomic E-state index is 12.9. The Hall–Kier alpha value is -2.45. The second kappa shape index (κ2) is 8.70. The third-order valence-electron chi connectivity index (χ3n) is 5.23. The molecule has 2 heterocycles. The number of hydrogen-bond donors (Lipinski definition) is 4. The van der Waals surface area contributed by atoms with Gasteiger partial charge in [-0.3, -0.25) is 9.78 Å². The molecular formula is C20H29N5O3. The van der Waals surface area contributed by atoms with Gasteiger partial charge in [0.05, 0.1) is 0 Å². The molecule has 0 aliphatic carbocycles. The lowest BCUT2D eigenvalue weighted by Gasteiger charge is -2.38. The van der Waals surface area contributed by atoms with Crippen molar-refractivity contribution in [1.82, 2.24) is 25.4 Å². The Bertz CT molecular complexity index is 842. The summed E-state index contributed by atoms with van der Waals surface area (Å²) in [7, 11) is 0. The summed E-state index contributed by atoms with van der Waals surface area (Å²) in [5.74, 6) is 0.791. The summed E-state index contributed by atoms with van der Waals surface area (Å²) < 4.78 is 0. The molecule has 1 unspecified atom stereocenters. The molecule has 2 aromatic rings. The number of carbonyl (C=O) groups excluding carboxylic acids is 1. The first-order valence-electron chi connectivity index (χ1n) is 9.82. The van der Waals surface area contributed by atoms with Crippen LogP contribution >= 0.6 is 0 Å². The minimum atomic E-state index is -1.39. The van der Waals surface area contributed by atoms with Crippen LogP contribution in [0.2, 0.25) is 0 Å². The normalized spacial score (nSPS) is 20.1. The number of piperidine rings is 1. The lowest BCUT2D eigenvalue weighted by atomic mass is 9.91. The van der Waals surface area contributed by atoms with Crippen LogP contribution in [-0.4, -0.2) is 56.3 Å². The molecule has 4 N–H and O–H groups in total. The molecule has 1 aromatic carbocycles. The van der Waals surface area contributed by atoms with E-state index in [4.69, 9.17) is 0 Å². The number of aromatic nitrogens is 3. The van der Waals surface area contributed by atoms with Gasteiger partial charge >= 0.3 is 5.69 Å². The number of nitrogens with one attached hydrogen (secondary N) is 3. The minimum Gasteiger partial charge on any atom is -0.379 e. The topological polar surface area (TPSA) is 114 Å². The van der Waals surface area contributed by atoms with Crippen LogP contribution in [0.15, 0.2) is 29.1 Å². The number of aliphatic hydroxyl groups is 1. The zero-order valence-electron chi connectivity index (χ0n) is 16.5. The highest BCUT2D eigenvalue weighted by molar-refractivity contribution is 5.86. The molecule has 8 heteroatoms. The van der Waals surface area contributed by atoms with E-state index >= 15 is 0 Å². The smallest absolute Gasteiger partial charge is 0.340 e. The summed E-state index contributed by atoms with van der Waals surface area (Å²) in [6.07, 6.45) is 1.72. The third-order valence-corrected chi connectivity index (χ3v) is 5.23. The summed E-state index contributed by atoms with van der Waals surface area (Å²) in [6, 6.07) is 8.31. The first-order chi connectivity index (χ1) is 13.4. The fourth-order valence-electron chi connectivity index (χ4n) is 3.53.